The molecule has 0 spiro atoms. The van der Waals surface area contributed by atoms with Crippen molar-refractivity contribution < 1.29 is 9.84 Å². The van der Waals surface area contributed by atoms with Crippen molar-refractivity contribution in [1.29, 1.82) is 0 Å². The summed E-state index contributed by atoms with van der Waals surface area (Å²) >= 11 is 0. The van der Waals surface area contributed by atoms with Crippen molar-refractivity contribution in [2.24, 2.45) is 0 Å². The number of β-amino-alcohol motifs (C(OH)–C–C–N with tert-alkyl or cyclic N) is 1. The number of hydrogen-bond donors (Lipinski definition) is 1. The second-order valence-electron chi connectivity index (χ2n) is 9.56. The monoisotopic (exact) mass is 474 g/mol. The summed E-state index contributed by atoms with van der Waals surface area (Å²) in [6, 6.07) is 16.6. The molecule has 1 aromatic heterocycles. The maximum absolute atomic E-state index is 10.6. The third-order valence-corrected chi connectivity index (χ3v) is 6.65. The number of nitrogens with zero attached hydrogens (tertiary/aromatic N) is 4. The third kappa shape index (κ3) is 6.59. The van der Waals surface area contributed by atoms with Crippen LogP contribution in [0.1, 0.15) is 40.7 Å². The van der Waals surface area contributed by atoms with Gasteiger partial charge in [0.15, 0.2) is 0 Å². The summed E-state index contributed by atoms with van der Waals surface area (Å²) in [5.74, 6) is 2.73. The van der Waals surface area contributed by atoms with Crippen LogP contribution in [0.2, 0.25) is 0 Å². The first-order valence-electron chi connectivity index (χ1n) is 12.7. The van der Waals surface area contributed by atoms with Gasteiger partial charge in [-0.3, -0.25) is 4.90 Å². The molecule has 0 unspecified atom stereocenters. The molecule has 0 aliphatic carbocycles. The van der Waals surface area contributed by atoms with Crippen LogP contribution >= 0.6 is 0 Å². The molecule has 1 atom stereocenters. The fourth-order valence-electron chi connectivity index (χ4n) is 4.80. The van der Waals surface area contributed by atoms with Crippen LogP contribution in [0.25, 0.3) is 0 Å². The van der Waals surface area contributed by atoms with Gasteiger partial charge >= 0.3 is 0 Å². The highest BCUT2D eigenvalue weighted by Crippen LogP contribution is 2.26. The molecule has 2 heterocycles. The van der Waals surface area contributed by atoms with Gasteiger partial charge < -0.3 is 14.7 Å². The van der Waals surface area contributed by atoms with E-state index in [9.17, 15) is 5.11 Å². The van der Waals surface area contributed by atoms with Crippen molar-refractivity contribution in [2.75, 3.05) is 44.2 Å². The summed E-state index contributed by atoms with van der Waals surface area (Å²) in [6.07, 6.45) is 1.21. The molecule has 1 aliphatic heterocycles. The Balaban J connectivity index is 1.39. The van der Waals surface area contributed by atoms with Gasteiger partial charge in [0.05, 0.1) is 0 Å². The Morgan fingerprint density at radius 1 is 0.971 bits per heavy atom. The normalized spacial score (nSPS) is 15.3. The van der Waals surface area contributed by atoms with E-state index in [0.717, 1.165) is 67.7 Å². The van der Waals surface area contributed by atoms with E-state index in [-0.39, 0.29) is 0 Å². The number of benzene rings is 2. The topological polar surface area (TPSA) is 61.7 Å². The number of aryl methyl sites for hydroxylation is 4. The van der Waals surface area contributed by atoms with E-state index in [2.05, 4.69) is 47.9 Å². The summed E-state index contributed by atoms with van der Waals surface area (Å²) in [7, 11) is 0. The first-order chi connectivity index (χ1) is 16.9. The second-order valence-corrected chi connectivity index (χ2v) is 9.56. The molecule has 0 saturated carbocycles. The molecule has 1 saturated heterocycles. The van der Waals surface area contributed by atoms with Gasteiger partial charge in [-0.05, 0) is 44.4 Å². The fourth-order valence-corrected chi connectivity index (χ4v) is 4.80. The van der Waals surface area contributed by atoms with Crippen LogP contribution in [0.5, 0.6) is 5.75 Å². The van der Waals surface area contributed by atoms with Gasteiger partial charge in [0.25, 0.3) is 0 Å². The highest BCUT2D eigenvalue weighted by molar-refractivity contribution is 5.52. The zero-order chi connectivity index (χ0) is 24.8. The van der Waals surface area contributed by atoms with Crippen molar-refractivity contribution in [3.05, 3.63) is 82.3 Å². The molecule has 186 valence electrons. The Labute approximate surface area is 209 Å². The minimum absolute atomic E-state index is 0.302. The predicted molar refractivity (Wildman–Crippen MR) is 141 cm³/mol. The van der Waals surface area contributed by atoms with Crippen LogP contribution < -0.4 is 9.64 Å². The first-order valence-corrected chi connectivity index (χ1v) is 12.7. The number of aromatic nitrogens is 2. The van der Waals surface area contributed by atoms with E-state index in [4.69, 9.17) is 14.7 Å². The number of anilines is 1. The average molecular weight is 475 g/mol. The summed E-state index contributed by atoms with van der Waals surface area (Å²) < 4.78 is 5.85. The van der Waals surface area contributed by atoms with Crippen LogP contribution in [0.15, 0.2) is 48.5 Å². The van der Waals surface area contributed by atoms with Gasteiger partial charge in [-0.25, -0.2) is 9.97 Å². The highest BCUT2D eigenvalue weighted by atomic mass is 16.5. The van der Waals surface area contributed by atoms with Gasteiger partial charge in [0.1, 0.15) is 30.1 Å². The van der Waals surface area contributed by atoms with Crippen LogP contribution in [-0.2, 0) is 12.8 Å². The smallest absolute Gasteiger partial charge is 0.136 e. The van der Waals surface area contributed by atoms with Gasteiger partial charge in [-0.2, -0.15) is 0 Å². The van der Waals surface area contributed by atoms with E-state index in [1.807, 2.05) is 38.1 Å². The summed E-state index contributed by atoms with van der Waals surface area (Å²) in [4.78, 5) is 14.4. The van der Waals surface area contributed by atoms with Crippen molar-refractivity contribution in [1.82, 2.24) is 14.9 Å². The molecule has 0 radical (unpaired) electrons. The lowest BCUT2D eigenvalue weighted by Crippen LogP contribution is -2.49. The average Bonchev–Trinajstić information content (AvgIpc) is 2.85. The molecule has 0 amide bonds. The molecule has 1 aliphatic rings. The molecule has 3 aromatic rings. The predicted octanol–water partition coefficient (Wildman–Crippen LogP) is 4.12. The van der Waals surface area contributed by atoms with Crippen LogP contribution in [0.4, 0.5) is 5.82 Å². The number of ether oxygens (including phenoxy) is 1. The molecule has 2 aromatic carbocycles. The molecule has 0 bridgehead atoms. The maximum atomic E-state index is 10.6. The Morgan fingerprint density at radius 3 is 2.46 bits per heavy atom. The Morgan fingerprint density at radius 2 is 1.74 bits per heavy atom. The van der Waals surface area contributed by atoms with Crippen molar-refractivity contribution in [3.8, 4) is 5.75 Å². The molecule has 4 rings (SSSR count). The summed E-state index contributed by atoms with van der Waals surface area (Å²) in [5, 5.41) is 10.6. The number of aliphatic hydroxyl groups is 1. The SMILES string of the molecule is CCc1nc(C)nc(N2CCN(C[C@H](O)COc3ccccc3C)CC2)c1Cc1cccc(C)c1. The molecular weight excluding hydrogens is 436 g/mol. The number of hydrogen-bond acceptors (Lipinski definition) is 6. The third-order valence-electron chi connectivity index (χ3n) is 6.65. The van der Waals surface area contributed by atoms with Gasteiger partial charge in [-0.1, -0.05) is 55.0 Å². The van der Waals surface area contributed by atoms with Gasteiger partial charge in [-0.15, -0.1) is 0 Å². The lowest BCUT2D eigenvalue weighted by atomic mass is 10.0. The lowest BCUT2D eigenvalue weighted by molar-refractivity contribution is 0.0660. The van der Waals surface area contributed by atoms with Crippen LogP contribution in [0.3, 0.4) is 0 Å². The summed E-state index contributed by atoms with van der Waals surface area (Å²) in [6.45, 7) is 12.8. The molecule has 35 heavy (non-hydrogen) atoms. The van der Waals surface area contributed by atoms with Crippen molar-refractivity contribution in [2.45, 2.75) is 46.6 Å². The van der Waals surface area contributed by atoms with E-state index < -0.39 is 6.10 Å². The van der Waals surface area contributed by atoms with Gasteiger partial charge in [0.2, 0.25) is 0 Å². The van der Waals surface area contributed by atoms with Crippen molar-refractivity contribution in [3.63, 3.8) is 0 Å². The first kappa shape index (κ1) is 25.1. The van der Waals surface area contributed by atoms with Crippen LogP contribution in [0, 0.1) is 20.8 Å². The second kappa shape index (κ2) is 11.6. The standard InChI is InChI=1S/C29H38N4O2/c1-5-27-26(18-24-11-8-9-21(2)17-24)29(31-23(4)30-27)33-15-13-32(14-16-33)19-25(34)20-35-28-12-7-6-10-22(28)3/h6-12,17,25,34H,5,13-16,18-20H2,1-4H3/t25-/m0/s1. The minimum Gasteiger partial charge on any atom is -0.491 e. The fraction of sp³-hybridized carbons (Fsp3) is 0.448. The van der Waals surface area contributed by atoms with E-state index in [1.165, 1.54) is 16.7 Å². The van der Waals surface area contributed by atoms with E-state index in [1.54, 1.807) is 0 Å². The highest BCUT2D eigenvalue weighted by Gasteiger charge is 2.24. The molecule has 1 fully saturated rings. The molecule has 6 heteroatoms. The quantitative estimate of drug-likeness (QED) is 0.504. The van der Waals surface area contributed by atoms with Crippen molar-refractivity contribution >= 4 is 5.82 Å². The molecule has 6 nitrogen and oxygen atoms in total. The zero-order valence-corrected chi connectivity index (χ0v) is 21.5. The lowest BCUT2D eigenvalue weighted by Gasteiger charge is -2.37. The summed E-state index contributed by atoms with van der Waals surface area (Å²) in [5.41, 5.74) is 6.03. The van der Waals surface area contributed by atoms with E-state index >= 15 is 0 Å². The maximum Gasteiger partial charge on any atom is 0.136 e. The largest absolute Gasteiger partial charge is 0.491 e. The number of piperazine rings is 1. The van der Waals surface area contributed by atoms with Gasteiger partial charge in [0, 0.05) is 50.4 Å². The molecule has 1 N–H and O–H groups in total. The Hall–Kier alpha value is -2.96. The Bertz CT molecular complexity index is 1130. The van der Waals surface area contributed by atoms with E-state index in [0.29, 0.717) is 13.2 Å². The van der Waals surface area contributed by atoms with Crippen LogP contribution in [-0.4, -0.2) is 65.4 Å². The molecular formula is C29H38N4O2. The Kier molecular flexibility index (Phi) is 8.37. The number of aliphatic hydroxyl groups excluding tert-OH is 1. The number of para-hydroxylation sites is 1. The number of rotatable bonds is 9. The zero-order valence-electron chi connectivity index (χ0n) is 21.5. The minimum atomic E-state index is -0.522.